The summed E-state index contributed by atoms with van der Waals surface area (Å²) in [5.74, 6) is 0.659. The van der Waals surface area contributed by atoms with Crippen molar-refractivity contribution in [3.05, 3.63) is 46.6 Å². The van der Waals surface area contributed by atoms with Crippen molar-refractivity contribution >= 4 is 3.26 Å². The molecule has 1 heteroatoms. The molecule has 0 fully saturated rings. The predicted octanol–water partition coefficient (Wildman–Crippen LogP) is 3.89. The molecular formula is C15H18Hf. The van der Waals surface area contributed by atoms with E-state index in [9.17, 15) is 0 Å². The SMILES string of the molecule is CC1=C([C](=[Hf])C(C)C2=C(C)C=CC2)CC=C1. The minimum absolute atomic E-state index is 0.659. The van der Waals surface area contributed by atoms with Gasteiger partial charge in [-0.1, -0.05) is 0 Å². The molecule has 0 aromatic rings. The molecule has 1 atom stereocenters. The van der Waals surface area contributed by atoms with Crippen LogP contribution in [0.15, 0.2) is 46.6 Å². The van der Waals surface area contributed by atoms with Gasteiger partial charge in [-0.25, -0.2) is 0 Å². The van der Waals surface area contributed by atoms with Gasteiger partial charge in [0.05, 0.1) is 0 Å². The minimum atomic E-state index is 0.659. The van der Waals surface area contributed by atoms with Crippen molar-refractivity contribution in [2.75, 3.05) is 0 Å². The molecule has 2 rings (SSSR count). The molecule has 0 saturated carbocycles. The Kier molecular flexibility index (Phi) is 3.73. The van der Waals surface area contributed by atoms with E-state index in [4.69, 9.17) is 0 Å². The van der Waals surface area contributed by atoms with Crippen molar-refractivity contribution < 1.29 is 23.9 Å². The van der Waals surface area contributed by atoms with E-state index < -0.39 is 0 Å². The van der Waals surface area contributed by atoms with Gasteiger partial charge in [-0.15, -0.1) is 0 Å². The van der Waals surface area contributed by atoms with Crippen molar-refractivity contribution in [2.45, 2.75) is 33.6 Å². The van der Waals surface area contributed by atoms with Crippen LogP contribution >= 0.6 is 0 Å². The van der Waals surface area contributed by atoms with E-state index in [2.05, 4.69) is 45.1 Å². The Morgan fingerprint density at radius 1 is 1.12 bits per heavy atom. The molecule has 0 bridgehead atoms. The van der Waals surface area contributed by atoms with E-state index >= 15 is 0 Å². The molecule has 82 valence electrons. The quantitative estimate of drug-likeness (QED) is 0.655. The van der Waals surface area contributed by atoms with Gasteiger partial charge in [-0.05, 0) is 0 Å². The van der Waals surface area contributed by atoms with Crippen LogP contribution in [0.2, 0.25) is 0 Å². The zero-order chi connectivity index (χ0) is 11.7. The van der Waals surface area contributed by atoms with E-state index in [0.717, 1.165) is 6.42 Å². The van der Waals surface area contributed by atoms with Crippen LogP contribution in [0.1, 0.15) is 33.6 Å². The summed E-state index contributed by atoms with van der Waals surface area (Å²) in [5, 5.41) is 0. The third-order valence-corrected chi connectivity index (χ3v) is 6.30. The Hall–Kier alpha value is -0.300. The second-order valence-corrected chi connectivity index (χ2v) is 6.65. The molecule has 0 saturated heterocycles. The van der Waals surface area contributed by atoms with Crippen LogP contribution in [-0.4, -0.2) is 3.26 Å². The molecule has 2 aliphatic rings. The van der Waals surface area contributed by atoms with Crippen molar-refractivity contribution in [2.24, 2.45) is 5.92 Å². The van der Waals surface area contributed by atoms with Crippen LogP contribution in [0.5, 0.6) is 0 Å². The Labute approximate surface area is 113 Å². The fraction of sp³-hybridized carbons (Fsp3) is 0.400. The van der Waals surface area contributed by atoms with Gasteiger partial charge in [0.1, 0.15) is 0 Å². The topological polar surface area (TPSA) is 0 Å². The molecule has 2 aliphatic carbocycles. The molecule has 0 amide bonds. The molecule has 16 heavy (non-hydrogen) atoms. The van der Waals surface area contributed by atoms with E-state index in [1.807, 2.05) is 0 Å². The Bertz CT molecular complexity index is 444. The van der Waals surface area contributed by atoms with Gasteiger partial charge in [0.25, 0.3) is 0 Å². The van der Waals surface area contributed by atoms with Gasteiger partial charge in [-0.3, -0.25) is 0 Å². The second kappa shape index (κ2) is 4.91. The molecule has 0 spiro atoms. The van der Waals surface area contributed by atoms with Gasteiger partial charge in [0.2, 0.25) is 0 Å². The fourth-order valence-corrected chi connectivity index (χ4v) is 4.22. The monoisotopic (exact) mass is 378 g/mol. The van der Waals surface area contributed by atoms with Crippen LogP contribution in [0.25, 0.3) is 0 Å². The van der Waals surface area contributed by atoms with Crippen molar-refractivity contribution in [1.82, 2.24) is 0 Å². The van der Waals surface area contributed by atoms with E-state index in [-0.39, 0.29) is 0 Å². The molecular weight excluding hydrogens is 359 g/mol. The van der Waals surface area contributed by atoms with E-state index in [1.54, 1.807) is 14.4 Å². The van der Waals surface area contributed by atoms with Gasteiger partial charge >= 0.3 is 113 Å². The van der Waals surface area contributed by atoms with Crippen LogP contribution in [0, 0.1) is 5.92 Å². The van der Waals surface area contributed by atoms with Gasteiger partial charge in [0, 0.05) is 0 Å². The Morgan fingerprint density at radius 3 is 2.25 bits per heavy atom. The zero-order valence-electron chi connectivity index (χ0n) is 10.3. The van der Waals surface area contributed by atoms with Gasteiger partial charge in [0.15, 0.2) is 0 Å². The summed E-state index contributed by atoms with van der Waals surface area (Å²) in [4.78, 5) is 0. The summed E-state index contributed by atoms with van der Waals surface area (Å²) in [6.07, 6.45) is 11.5. The fourth-order valence-electron chi connectivity index (χ4n) is 2.52. The van der Waals surface area contributed by atoms with Crippen LogP contribution in [0.3, 0.4) is 0 Å². The summed E-state index contributed by atoms with van der Waals surface area (Å²) >= 11 is 1.19. The maximum absolute atomic E-state index is 2.38. The first-order valence-corrected chi connectivity index (χ1v) is 7.72. The standard InChI is InChI=1S/C15H18.Hf/c1-11-6-4-8-14(11)10-13(3)15-9-5-7-12(15)2;/h4-7,13H,8-9H2,1-3H3;. The van der Waals surface area contributed by atoms with Gasteiger partial charge in [-0.2, -0.15) is 0 Å². The number of hydrogen-bond donors (Lipinski definition) is 0. The average Bonchev–Trinajstić information content (AvgIpc) is 2.85. The molecule has 0 nitrogen and oxygen atoms in total. The summed E-state index contributed by atoms with van der Waals surface area (Å²) in [6.45, 7) is 6.88. The third kappa shape index (κ3) is 2.20. The normalized spacial score (nSPS) is 21.1. The summed E-state index contributed by atoms with van der Waals surface area (Å²) in [6, 6.07) is 0. The van der Waals surface area contributed by atoms with E-state index in [0.29, 0.717) is 5.92 Å². The summed E-state index contributed by atoms with van der Waals surface area (Å²) < 4.78 is 1.69. The Balaban J connectivity index is 2.18. The van der Waals surface area contributed by atoms with Crippen LogP contribution in [-0.2, 0) is 23.9 Å². The van der Waals surface area contributed by atoms with Gasteiger partial charge < -0.3 is 0 Å². The first-order chi connectivity index (χ1) is 7.61. The molecule has 0 heterocycles. The second-order valence-electron chi connectivity index (χ2n) is 4.72. The van der Waals surface area contributed by atoms with E-state index in [1.165, 1.54) is 41.5 Å². The number of hydrogen-bond acceptors (Lipinski definition) is 0. The molecule has 0 aromatic carbocycles. The Morgan fingerprint density at radius 2 is 1.75 bits per heavy atom. The first-order valence-electron chi connectivity index (χ1n) is 5.92. The van der Waals surface area contributed by atoms with Crippen molar-refractivity contribution in [1.29, 1.82) is 0 Å². The molecule has 0 radical (unpaired) electrons. The van der Waals surface area contributed by atoms with Crippen LogP contribution in [0.4, 0.5) is 0 Å². The number of rotatable bonds is 3. The molecule has 0 aromatic heterocycles. The average molecular weight is 377 g/mol. The zero-order valence-corrected chi connectivity index (χ0v) is 13.9. The first kappa shape index (κ1) is 12.2. The third-order valence-electron chi connectivity index (χ3n) is 3.66. The maximum atomic E-state index is 2.38. The summed E-state index contributed by atoms with van der Waals surface area (Å²) in [5.41, 5.74) is 6.23. The van der Waals surface area contributed by atoms with Crippen molar-refractivity contribution in [3.8, 4) is 0 Å². The number of allylic oxidation sites excluding steroid dienone is 8. The molecule has 0 N–H and O–H groups in total. The molecule has 1 unspecified atom stereocenters. The van der Waals surface area contributed by atoms with Crippen molar-refractivity contribution in [3.63, 3.8) is 0 Å². The summed E-state index contributed by atoms with van der Waals surface area (Å²) in [7, 11) is 0. The molecule has 0 aliphatic heterocycles. The predicted molar refractivity (Wildman–Crippen MR) is 67.1 cm³/mol. The van der Waals surface area contributed by atoms with Crippen LogP contribution < -0.4 is 0 Å².